The molecular weight excluding hydrogens is 301 g/mol. The summed E-state index contributed by atoms with van der Waals surface area (Å²) >= 11 is 0. The molecule has 5 nitrogen and oxygen atoms in total. The maximum Gasteiger partial charge on any atom is 0.236 e. The van der Waals surface area contributed by atoms with Gasteiger partial charge in [0, 0.05) is 26.4 Å². The maximum absolute atomic E-state index is 11.9. The molecule has 0 aliphatic carbocycles. The highest BCUT2D eigenvalue weighted by Gasteiger charge is 2.11. The van der Waals surface area contributed by atoms with E-state index in [1.807, 2.05) is 25.1 Å². The standard InChI is InChI=1S/C13H21N3O2.2ClH/c1-3-16(11-12-6-4-5-7-15-12)13(17)10-14-8-9-18-2;;/h4-7,14H,3,8-11H2,1-2H3;2*1H. The van der Waals surface area contributed by atoms with E-state index in [1.165, 1.54) is 0 Å². The number of carbonyl (C=O) groups is 1. The second-order valence-corrected chi connectivity index (χ2v) is 3.90. The minimum Gasteiger partial charge on any atom is -0.383 e. The number of methoxy groups -OCH3 is 1. The first-order valence-electron chi connectivity index (χ1n) is 6.15. The van der Waals surface area contributed by atoms with Crippen LogP contribution in [0.3, 0.4) is 0 Å². The van der Waals surface area contributed by atoms with Crippen LogP contribution in [-0.2, 0) is 16.1 Å². The van der Waals surface area contributed by atoms with Crippen molar-refractivity contribution in [2.75, 3.05) is 33.4 Å². The number of rotatable bonds is 8. The summed E-state index contributed by atoms with van der Waals surface area (Å²) in [6.07, 6.45) is 1.74. The predicted molar refractivity (Wildman–Crippen MR) is 84.6 cm³/mol. The number of hydrogen-bond acceptors (Lipinski definition) is 4. The van der Waals surface area contributed by atoms with Crippen molar-refractivity contribution in [2.24, 2.45) is 0 Å². The van der Waals surface area contributed by atoms with E-state index in [4.69, 9.17) is 4.74 Å². The summed E-state index contributed by atoms with van der Waals surface area (Å²) in [6.45, 7) is 4.84. The van der Waals surface area contributed by atoms with E-state index < -0.39 is 0 Å². The highest BCUT2D eigenvalue weighted by atomic mass is 35.5. The van der Waals surface area contributed by atoms with E-state index >= 15 is 0 Å². The lowest BCUT2D eigenvalue weighted by molar-refractivity contribution is -0.130. The van der Waals surface area contributed by atoms with Crippen LogP contribution in [0.5, 0.6) is 0 Å². The second-order valence-electron chi connectivity index (χ2n) is 3.90. The van der Waals surface area contributed by atoms with E-state index in [0.29, 0.717) is 32.8 Å². The molecule has 0 bridgehead atoms. The molecule has 116 valence electrons. The summed E-state index contributed by atoms with van der Waals surface area (Å²) in [7, 11) is 1.64. The molecule has 1 amide bonds. The fraction of sp³-hybridized carbons (Fsp3) is 0.538. The van der Waals surface area contributed by atoms with Gasteiger partial charge in [-0.05, 0) is 19.1 Å². The third-order valence-corrected chi connectivity index (χ3v) is 2.57. The van der Waals surface area contributed by atoms with Crippen molar-refractivity contribution < 1.29 is 9.53 Å². The van der Waals surface area contributed by atoms with Gasteiger partial charge >= 0.3 is 0 Å². The highest BCUT2D eigenvalue weighted by molar-refractivity contribution is 5.85. The maximum atomic E-state index is 11.9. The molecule has 0 radical (unpaired) electrons. The summed E-state index contributed by atoms with van der Waals surface area (Å²) < 4.78 is 4.91. The van der Waals surface area contributed by atoms with Crippen molar-refractivity contribution in [3.8, 4) is 0 Å². The topological polar surface area (TPSA) is 54.5 Å². The summed E-state index contributed by atoms with van der Waals surface area (Å²) in [6, 6.07) is 5.72. The largest absolute Gasteiger partial charge is 0.383 e. The number of likely N-dealkylation sites (N-methyl/N-ethyl adjacent to an activating group) is 1. The van der Waals surface area contributed by atoms with Gasteiger partial charge in [0.15, 0.2) is 0 Å². The Hall–Kier alpha value is -0.880. The number of aromatic nitrogens is 1. The Kier molecular flexibility index (Phi) is 14.1. The monoisotopic (exact) mass is 323 g/mol. The molecule has 1 heterocycles. The Morgan fingerprint density at radius 1 is 1.40 bits per heavy atom. The molecule has 1 N–H and O–H groups in total. The van der Waals surface area contributed by atoms with E-state index in [0.717, 1.165) is 5.69 Å². The van der Waals surface area contributed by atoms with E-state index in [2.05, 4.69) is 10.3 Å². The van der Waals surface area contributed by atoms with Crippen LogP contribution in [0.25, 0.3) is 0 Å². The average molecular weight is 324 g/mol. The fourth-order valence-corrected chi connectivity index (χ4v) is 1.54. The summed E-state index contributed by atoms with van der Waals surface area (Å²) in [5.74, 6) is 0.0826. The fourth-order valence-electron chi connectivity index (χ4n) is 1.54. The molecule has 0 spiro atoms. The molecule has 0 unspecified atom stereocenters. The van der Waals surface area contributed by atoms with Crippen LogP contribution >= 0.6 is 24.8 Å². The number of hydrogen-bond donors (Lipinski definition) is 1. The van der Waals surface area contributed by atoms with Crippen LogP contribution in [0.15, 0.2) is 24.4 Å². The lowest BCUT2D eigenvalue weighted by atomic mass is 10.3. The first-order chi connectivity index (χ1) is 8.77. The average Bonchev–Trinajstić information content (AvgIpc) is 2.42. The predicted octanol–water partition coefficient (Wildman–Crippen LogP) is 1.51. The van der Waals surface area contributed by atoms with Gasteiger partial charge in [0.05, 0.1) is 25.4 Å². The van der Waals surface area contributed by atoms with Gasteiger partial charge in [-0.2, -0.15) is 0 Å². The third kappa shape index (κ3) is 8.32. The van der Waals surface area contributed by atoms with E-state index in [-0.39, 0.29) is 30.7 Å². The minimum absolute atomic E-state index is 0. The van der Waals surface area contributed by atoms with Gasteiger partial charge in [-0.1, -0.05) is 6.07 Å². The molecule has 0 aromatic carbocycles. The zero-order chi connectivity index (χ0) is 13.2. The van der Waals surface area contributed by atoms with Crippen molar-refractivity contribution >= 4 is 30.7 Å². The van der Waals surface area contributed by atoms with Crippen molar-refractivity contribution in [3.63, 3.8) is 0 Å². The lowest BCUT2D eigenvalue weighted by Gasteiger charge is -2.20. The Morgan fingerprint density at radius 2 is 2.15 bits per heavy atom. The van der Waals surface area contributed by atoms with Crippen LogP contribution in [0.4, 0.5) is 0 Å². The number of carbonyl (C=O) groups excluding carboxylic acids is 1. The molecule has 1 rings (SSSR count). The Morgan fingerprint density at radius 3 is 2.70 bits per heavy atom. The highest BCUT2D eigenvalue weighted by Crippen LogP contribution is 2.00. The van der Waals surface area contributed by atoms with Gasteiger partial charge in [0.1, 0.15) is 0 Å². The normalized spacial score (nSPS) is 9.30. The van der Waals surface area contributed by atoms with Gasteiger partial charge in [0.2, 0.25) is 5.91 Å². The number of nitrogens with one attached hydrogen (secondary N) is 1. The lowest BCUT2D eigenvalue weighted by Crippen LogP contribution is -2.38. The molecule has 0 saturated heterocycles. The van der Waals surface area contributed by atoms with E-state index in [9.17, 15) is 4.79 Å². The molecule has 1 aromatic rings. The summed E-state index contributed by atoms with van der Waals surface area (Å²) in [5, 5.41) is 3.05. The Bertz CT molecular complexity index is 353. The summed E-state index contributed by atoms with van der Waals surface area (Å²) in [4.78, 5) is 17.9. The van der Waals surface area contributed by atoms with Crippen molar-refractivity contribution in [2.45, 2.75) is 13.5 Å². The zero-order valence-electron chi connectivity index (χ0n) is 11.9. The van der Waals surface area contributed by atoms with Crippen LogP contribution in [-0.4, -0.2) is 49.1 Å². The van der Waals surface area contributed by atoms with Gasteiger partial charge in [-0.25, -0.2) is 0 Å². The molecule has 0 saturated carbocycles. The Labute approximate surface area is 132 Å². The van der Waals surface area contributed by atoms with Gasteiger partial charge < -0.3 is 15.0 Å². The van der Waals surface area contributed by atoms with Crippen molar-refractivity contribution in [3.05, 3.63) is 30.1 Å². The molecule has 7 heteroatoms. The SMILES string of the molecule is CCN(Cc1ccccn1)C(=O)CNCCOC.Cl.Cl. The smallest absolute Gasteiger partial charge is 0.236 e. The molecule has 1 aromatic heterocycles. The number of halogens is 2. The molecule has 0 fully saturated rings. The molecular formula is C13H23Cl2N3O2. The van der Waals surface area contributed by atoms with Crippen molar-refractivity contribution in [1.29, 1.82) is 0 Å². The molecule has 0 aliphatic heterocycles. The number of amides is 1. The number of nitrogens with zero attached hydrogens (tertiary/aromatic N) is 2. The number of ether oxygens (including phenoxy) is 1. The number of pyridine rings is 1. The Balaban J connectivity index is 0. The third-order valence-electron chi connectivity index (χ3n) is 2.57. The quantitative estimate of drug-likeness (QED) is 0.737. The van der Waals surface area contributed by atoms with Gasteiger partial charge in [0.25, 0.3) is 0 Å². The first kappa shape index (κ1) is 21.4. The molecule has 0 aliphatic rings. The van der Waals surface area contributed by atoms with E-state index in [1.54, 1.807) is 18.2 Å². The molecule has 20 heavy (non-hydrogen) atoms. The summed E-state index contributed by atoms with van der Waals surface area (Å²) in [5.41, 5.74) is 0.907. The molecule has 0 atom stereocenters. The zero-order valence-corrected chi connectivity index (χ0v) is 13.5. The van der Waals surface area contributed by atoms with Gasteiger partial charge in [-0.3, -0.25) is 9.78 Å². The first-order valence-corrected chi connectivity index (χ1v) is 6.15. The van der Waals surface area contributed by atoms with Crippen molar-refractivity contribution in [1.82, 2.24) is 15.2 Å². The van der Waals surface area contributed by atoms with Crippen LogP contribution < -0.4 is 5.32 Å². The van der Waals surface area contributed by atoms with Crippen LogP contribution in [0.1, 0.15) is 12.6 Å². The van der Waals surface area contributed by atoms with Crippen LogP contribution in [0.2, 0.25) is 0 Å². The minimum atomic E-state index is 0. The second kappa shape index (κ2) is 13.1. The van der Waals surface area contributed by atoms with Crippen LogP contribution in [0, 0.1) is 0 Å². The van der Waals surface area contributed by atoms with Gasteiger partial charge in [-0.15, -0.1) is 24.8 Å².